The van der Waals surface area contributed by atoms with Crippen molar-refractivity contribution in [2.24, 2.45) is 0 Å². The number of benzene rings is 1. The van der Waals surface area contributed by atoms with Gasteiger partial charge in [-0.3, -0.25) is 0 Å². The molecule has 1 saturated heterocycles. The van der Waals surface area contributed by atoms with Gasteiger partial charge in [-0.25, -0.2) is 9.97 Å². The van der Waals surface area contributed by atoms with Gasteiger partial charge in [0, 0.05) is 30.1 Å². The summed E-state index contributed by atoms with van der Waals surface area (Å²) in [7, 11) is 0. The minimum Gasteiger partial charge on any atom is -0.493 e. The van der Waals surface area contributed by atoms with Gasteiger partial charge in [0.2, 0.25) is 5.95 Å². The first-order valence-corrected chi connectivity index (χ1v) is 9.77. The van der Waals surface area contributed by atoms with E-state index in [9.17, 15) is 8.78 Å². The predicted molar refractivity (Wildman–Crippen MR) is 99.6 cm³/mol. The fourth-order valence-electron chi connectivity index (χ4n) is 4.31. The van der Waals surface area contributed by atoms with Gasteiger partial charge in [0.15, 0.2) is 0 Å². The molecule has 3 aliphatic rings. The lowest BCUT2D eigenvalue weighted by atomic mass is 9.93. The van der Waals surface area contributed by atoms with Gasteiger partial charge >= 0.3 is 0 Å². The number of alkyl halides is 2. The Kier molecular flexibility index (Phi) is 3.68. The van der Waals surface area contributed by atoms with E-state index in [2.05, 4.69) is 24.9 Å². The zero-order chi connectivity index (χ0) is 18.8. The van der Waals surface area contributed by atoms with Crippen molar-refractivity contribution in [3.05, 3.63) is 35.0 Å². The Labute approximate surface area is 157 Å². The standard InChI is InChI=1S/C21H23F2N3O/c1-12-7-10-27-17-11-14(3-4-15(12)17)18-16-5-8-21(22,23)19(16)25-20(24-18)26-9-6-13(26)2/h3-4,11-13H,5-10H2,1-2H3/t12?,13-/m0/s1. The van der Waals surface area contributed by atoms with Crippen molar-refractivity contribution in [2.75, 3.05) is 18.1 Å². The minimum atomic E-state index is -2.88. The summed E-state index contributed by atoms with van der Waals surface area (Å²) in [5.41, 5.74) is 3.15. The second-order valence-corrected chi connectivity index (χ2v) is 8.03. The highest BCUT2D eigenvalue weighted by atomic mass is 19.3. The number of anilines is 1. The van der Waals surface area contributed by atoms with E-state index in [0.717, 1.165) is 30.7 Å². The highest BCUT2D eigenvalue weighted by Gasteiger charge is 2.44. The molecule has 0 amide bonds. The van der Waals surface area contributed by atoms with Crippen LogP contribution < -0.4 is 9.64 Å². The number of fused-ring (bicyclic) bond motifs is 2. The van der Waals surface area contributed by atoms with Gasteiger partial charge in [-0.2, -0.15) is 8.78 Å². The smallest absolute Gasteiger partial charge is 0.290 e. The Bertz CT molecular complexity index is 915. The van der Waals surface area contributed by atoms with E-state index in [-0.39, 0.29) is 12.1 Å². The maximum absolute atomic E-state index is 14.5. The molecular weight excluding hydrogens is 348 g/mol. The summed E-state index contributed by atoms with van der Waals surface area (Å²) in [6.07, 6.45) is 2.15. The molecule has 27 heavy (non-hydrogen) atoms. The molecule has 2 aromatic rings. The van der Waals surface area contributed by atoms with Crippen LogP contribution in [-0.2, 0) is 12.3 Å². The number of aromatic nitrogens is 2. The van der Waals surface area contributed by atoms with Crippen LogP contribution in [0.1, 0.15) is 55.8 Å². The van der Waals surface area contributed by atoms with E-state index >= 15 is 0 Å². The zero-order valence-corrected chi connectivity index (χ0v) is 15.6. The molecule has 142 valence electrons. The SMILES string of the molecule is CC1CCOc2cc(-c3nc(N4CC[C@@H]4C)nc4c3CCC4(F)F)ccc21. The molecule has 0 spiro atoms. The Morgan fingerprint density at radius 3 is 2.78 bits per heavy atom. The average Bonchev–Trinajstić information content (AvgIpc) is 2.95. The molecule has 2 atom stereocenters. The summed E-state index contributed by atoms with van der Waals surface area (Å²) in [6, 6.07) is 6.31. The van der Waals surface area contributed by atoms with Crippen LogP contribution in [0, 0.1) is 0 Å². The van der Waals surface area contributed by atoms with E-state index < -0.39 is 5.92 Å². The van der Waals surface area contributed by atoms with Crippen molar-refractivity contribution in [3.63, 3.8) is 0 Å². The van der Waals surface area contributed by atoms with Gasteiger partial charge in [-0.05, 0) is 43.7 Å². The zero-order valence-electron chi connectivity index (χ0n) is 15.6. The highest BCUT2D eigenvalue weighted by Crippen LogP contribution is 2.46. The fraction of sp³-hybridized carbons (Fsp3) is 0.524. The van der Waals surface area contributed by atoms with Gasteiger partial charge in [-0.15, -0.1) is 0 Å². The fourth-order valence-corrected chi connectivity index (χ4v) is 4.31. The average molecular weight is 371 g/mol. The van der Waals surface area contributed by atoms with Gasteiger partial charge in [0.25, 0.3) is 5.92 Å². The van der Waals surface area contributed by atoms with Crippen LogP contribution in [-0.4, -0.2) is 29.2 Å². The lowest BCUT2D eigenvalue weighted by Gasteiger charge is -2.39. The van der Waals surface area contributed by atoms with Crippen molar-refractivity contribution in [1.82, 2.24) is 9.97 Å². The number of rotatable bonds is 2. The van der Waals surface area contributed by atoms with Gasteiger partial charge in [0.05, 0.1) is 12.3 Å². The maximum Gasteiger partial charge on any atom is 0.290 e. The molecule has 0 saturated carbocycles. The van der Waals surface area contributed by atoms with E-state index in [1.54, 1.807) is 0 Å². The number of halogens is 2. The van der Waals surface area contributed by atoms with E-state index in [0.29, 0.717) is 42.2 Å². The molecule has 1 aromatic heterocycles. The third-order valence-electron chi connectivity index (χ3n) is 6.23. The number of hydrogen-bond acceptors (Lipinski definition) is 4. The van der Waals surface area contributed by atoms with Crippen LogP contribution in [0.3, 0.4) is 0 Å². The van der Waals surface area contributed by atoms with E-state index in [1.165, 1.54) is 5.56 Å². The van der Waals surface area contributed by atoms with E-state index in [1.807, 2.05) is 17.0 Å². The molecule has 0 N–H and O–H groups in total. The summed E-state index contributed by atoms with van der Waals surface area (Å²) in [5.74, 6) is -1.16. The molecule has 2 aliphatic heterocycles. The van der Waals surface area contributed by atoms with Crippen molar-refractivity contribution < 1.29 is 13.5 Å². The first-order chi connectivity index (χ1) is 12.9. The van der Waals surface area contributed by atoms with Crippen LogP contribution in [0.2, 0.25) is 0 Å². The quantitative estimate of drug-likeness (QED) is 0.769. The van der Waals surface area contributed by atoms with Crippen LogP contribution in [0.4, 0.5) is 14.7 Å². The van der Waals surface area contributed by atoms with Gasteiger partial charge < -0.3 is 9.64 Å². The van der Waals surface area contributed by atoms with Gasteiger partial charge in [-0.1, -0.05) is 19.1 Å². The molecular formula is C21H23F2N3O. The van der Waals surface area contributed by atoms with Crippen LogP contribution in [0.5, 0.6) is 5.75 Å². The summed E-state index contributed by atoms with van der Waals surface area (Å²) in [5, 5.41) is 0. The Morgan fingerprint density at radius 2 is 2.04 bits per heavy atom. The molecule has 0 bridgehead atoms. The summed E-state index contributed by atoms with van der Waals surface area (Å²) >= 11 is 0. The van der Waals surface area contributed by atoms with Crippen LogP contribution in [0.15, 0.2) is 18.2 Å². The monoisotopic (exact) mass is 371 g/mol. The summed E-state index contributed by atoms with van der Waals surface area (Å²) < 4.78 is 34.8. The molecule has 4 nitrogen and oxygen atoms in total. The lowest BCUT2D eigenvalue weighted by molar-refractivity contribution is -0.00595. The minimum absolute atomic E-state index is 0.0893. The molecule has 0 radical (unpaired) electrons. The largest absolute Gasteiger partial charge is 0.493 e. The normalized spacial score (nSPS) is 25.4. The van der Waals surface area contributed by atoms with Crippen molar-refractivity contribution in [1.29, 1.82) is 0 Å². The first kappa shape index (κ1) is 16.9. The number of nitrogens with zero attached hydrogens (tertiary/aromatic N) is 3. The third-order valence-corrected chi connectivity index (χ3v) is 6.23. The molecule has 1 fully saturated rings. The molecule has 5 rings (SSSR count). The number of hydrogen-bond donors (Lipinski definition) is 0. The summed E-state index contributed by atoms with van der Waals surface area (Å²) in [6.45, 7) is 5.77. The number of ether oxygens (including phenoxy) is 1. The Hall–Kier alpha value is -2.24. The first-order valence-electron chi connectivity index (χ1n) is 9.77. The second-order valence-electron chi connectivity index (χ2n) is 8.03. The van der Waals surface area contributed by atoms with Gasteiger partial charge in [0.1, 0.15) is 11.4 Å². The van der Waals surface area contributed by atoms with Crippen LogP contribution in [0.25, 0.3) is 11.3 Å². The van der Waals surface area contributed by atoms with Crippen LogP contribution >= 0.6 is 0 Å². The predicted octanol–water partition coefficient (Wildman–Crippen LogP) is 4.67. The lowest BCUT2D eigenvalue weighted by Crippen LogP contribution is -2.47. The van der Waals surface area contributed by atoms with Crippen molar-refractivity contribution in [2.45, 2.75) is 57.4 Å². The highest BCUT2D eigenvalue weighted by molar-refractivity contribution is 5.69. The maximum atomic E-state index is 14.5. The topological polar surface area (TPSA) is 38.2 Å². The molecule has 6 heteroatoms. The third kappa shape index (κ3) is 2.60. The molecule has 3 heterocycles. The summed E-state index contributed by atoms with van der Waals surface area (Å²) in [4.78, 5) is 11.1. The second kappa shape index (κ2) is 5.88. The Morgan fingerprint density at radius 1 is 1.19 bits per heavy atom. The Balaban J connectivity index is 1.66. The van der Waals surface area contributed by atoms with E-state index in [4.69, 9.17) is 9.72 Å². The van der Waals surface area contributed by atoms with Crippen molar-refractivity contribution in [3.8, 4) is 17.0 Å². The van der Waals surface area contributed by atoms with Crippen molar-refractivity contribution >= 4 is 5.95 Å². The molecule has 1 aliphatic carbocycles. The molecule has 1 aromatic carbocycles. The molecule has 1 unspecified atom stereocenters.